The average molecular weight is 739 g/mol. The Labute approximate surface area is 317 Å². The third kappa shape index (κ3) is 8.33. The molecule has 0 saturated carbocycles. The fourth-order valence-electron chi connectivity index (χ4n) is 6.50. The Morgan fingerprint density at radius 2 is 1.16 bits per heavy atom. The van der Waals surface area contributed by atoms with E-state index < -0.39 is 11.9 Å². The molecule has 7 rings (SSSR count). The number of hydrogen-bond acceptors (Lipinski definition) is 7. The molecule has 280 valence electrons. The van der Waals surface area contributed by atoms with Gasteiger partial charge in [0, 0.05) is 22.4 Å². The SMILES string of the molecule is COc1cc(C)c(-c2nc3ccc(C(=O)Nc4ccc(C)c(C)c4)cc3[nH]2)c(C)c1.Cc1cc(OCC(N)=O)cc(C)c1-c1nc2ccc(C(=O)O)cc2[nH]1. The number of aromatic amines is 2. The quantitative estimate of drug-likeness (QED) is 0.0982. The molecule has 0 fully saturated rings. The molecule has 0 radical (unpaired) electrons. The molecular formula is C43H42N6O6. The number of carbonyl (C=O) groups excluding carboxylic acids is 2. The van der Waals surface area contributed by atoms with Crippen LogP contribution in [0.4, 0.5) is 5.69 Å². The van der Waals surface area contributed by atoms with Crippen LogP contribution in [0.3, 0.4) is 0 Å². The lowest BCUT2D eigenvalue weighted by Crippen LogP contribution is -2.20. The molecular weight excluding hydrogens is 697 g/mol. The number of rotatable bonds is 9. The lowest BCUT2D eigenvalue weighted by atomic mass is 10.0. The van der Waals surface area contributed by atoms with E-state index in [4.69, 9.17) is 25.3 Å². The minimum Gasteiger partial charge on any atom is -0.497 e. The molecule has 0 aliphatic rings. The first-order chi connectivity index (χ1) is 26.2. The second-order valence-electron chi connectivity index (χ2n) is 13.5. The zero-order valence-electron chi connectivity index (χ0n) is 31.7. The molecule has 7 aromatic rings. The van der Waals surface area contributed by atoms with E-state index in [1.807, 2.05) is 77.1 Å². The number of amides is 2. The van der Waals surface area contributed by atoms with Crippen molar-refractivity contribution in [1.82, 2.24) is 19.9 Å². The molecule has 0 saturated heterocycles. The highest BCUT2D eigenvalue weighted by Crippen LogP contribution is 2.32. The molecule has 0 unspecified atom stereocenters. The van der Waals surface area contributed by atoms with E-state index >= 15 is 0 Å². The number of nitrogens with two attached hydrogens (primary N) is 1. The summed E-state index contributed by atoms with van der Waals surface area (Å²) in [6.45, 7) is 11.8. The molecule has 0 aliphatic carbocycles. The van der Waals surface area contributed by atoms with E-state index in [0.29, 0.717) is 28.2 Å². The van der Waals surface area contributed by atoms with Crippen molar-refractivity contribution in [2.75, 3.05) is 19.0 Å². The average Bonchev–Trinajstić information content (AvgIpc) is 3.75. The molecule has 12 nitrogen and oxygen atoms in total. The van der Waals surface area contributed by atoms with Gasteiger partial charge in [-0.2, -0.15) is 0 Å². The second kappa shape index (κ2) is 15.6. The maximum atomic E-state index is 12.8. The summed E-state index contributed by atoms with van der Waals surface area (Å²) in [5.41, 5.74) is 17.9. The molecule has 0 bridgehead atoms. The Bertz CT molecular complexity index is 2570. The topological polar surface area (TPSA) is 185 Å². The maximum Gasteiger partial charge on any atom is 0.335 e. The number of benzene rings is 5. The van der Waals surface area contributed by atoms with Gasteiger partial charge in [-0.3, -0.25) is 9.59 Å². The summed E-state index contributed by atoms with van der Waals surface area (Å²) >= 11 is 0. The summed E-state index contributed by atoms with van der Waals surface area (Å²) in [5, 5.41) is 12.1. The van der Waals surface area contributed by atoms with Crippen LogP contribution in [0.1, 0.15) is 54.1 Å². The molecule has 0 spiro atoms. The third-order valence-electron chi connectivity index (χ3n) is 9.34. The van der Waals surface area contributed by atoms with Gasteiger partial charge in [-0.15, -0.1) is 0 Å². The molecule has 2 amide bonds. The highest BCUT2D eigenvalue weighted by atomic mass is 16.5. The summed E-state index contributed by atoms with van der Waals surface area (Å²) < 4.78 is 10.7. The Morgan fingerprint density at radius 1 is 0.655 bits per heavy atom. The minimum atomic E-state index is -0.985. The number of aromatic carboxylic acids is 1. The Morgan fingerprint density at radius 3 is 1.65 bits per heavy atom. The van der Waals surface area contributed by atoms with Crippen LogP contribution in [0.15, 0.2) is 78.9 Å². The second-order valence-corrected chi connectivity index (χ2v) is 13.5. The number of imidazole rings is 2. The van der Waals surface area contributed by atoms with Crippen LogP contribution >= 0.6 is 0 Å². The lowest BCUT2D eigenvalue weighted by Gasteiger charge is -2.11. The number of methoxy groups -OCH3 is 1. The number of aryl methyl sites for hydroxylation is 6. The van der Waals surface area contributed by atoms with Gasteiger partial charge in [0.25, 0.3) is 11.8 Å². The molecule has 5 aromatic carbocycles. The standard InChI is InChI=1S/C25H25N3O2.C18H17N3O4/c1-14-6-8-19(10-15(14)2)26-25(29)18-7-9-21-22(13-18)28-24(27-21)23-16(3)11-20(30-5)12-17(23)4;1-9-5-12(25-8-15(19)22)6-10(2)16(9)17-20-13-4-3-11(18(23)24)7-14(13)21-17/h6-13H,1-5H3,(H,26,29)(H,27,28);3-7H,8H2,1-2H3,(H2,19,22)(H,20,21)(H,23,24). The van der Waals surface area contributed by atoms with Gasteiger partial charge < -0.3 is 35.6 Å². The summed E-state index contributed by atoms with van der Waals surface area (Å²) in [5.74, 6) is 1.15. The van der Waals surface area contributed by atoms with Gasteiger partial charge in [0.05, 0.1) is 34.7 Å². The monoisotopic (exact) mass is 738 g/mol. The maximum absolute atomic E-state index is 12.8. The fourth-order valence-corrected chi connectivity index (χ4v) is 6.50. The summed E-state index contributed by atoms with van der Waals surface area (Å²) in [6, 6.07) is 23.8. The summed E-state index contributed by atoms with van der Waals surface area (Å²) in [6.07, 6.45) is 0. The number of fused-ring (bicyclic) bond motifs is 2. The van der Waals surface area contributed by atoms with Gasteiger partial charge in [-0.1, -0.05) is 6.07 Å². The van der Waals surface area contributed by atoms with Crippen molar-refractivity contribution < 1.29 is 29.0 Å². The highest BCUT2D eigenvalue weighted by molar-refractivity contribution is 6.06. The number of anilines is 1. The number of carbonyl (C=O) groups is 3. The van der Waals surface area contributed by atoms with Crippen LogP contribution in [0.25, 0.3) is 44.8 Å². The molecule has 2 heterocycles. The first-order valence-corrected chi connectivity index (χ1v) is 17.5. The summed E-state index contributed by atoms with van der Waals surface area (Å²) in [7, 11) is 1.67. The minimum absolute atomic E-state index is 0.145. The first-order valence-electron chi connectivity index (χ1n) is 17.5. The van der Waals surface area contributed by atoms with Gasteiger partial charge in [0.2, 0.25) is 0 Å². The molecule has 2 aromatic heterocycles. The van der Waals surface area contributed by atoms with Crippen molar-refractivity contribution in [3.05, 3.63) is 123 Å². The van der Waals surface area contributed by atoms with E-state index in [0.717, 1.165) is 67.2 Å². The number of nitrogens with one attached hydrogen (secondary N) is 3. The first kappa shape index (κ1) is 37.8. The van der Waals surface area contributed by atoms with Crippen molar-refractivity contribution in [3.63, 3.8) is 0 Å². The van der Waals surface area contributed by atoms with Crippen molar-refractivity contribution >= 4 is 45.5 Å². The predicted octanol–water partition coefficient (Wildman–Crippen LogP) is 8.13. The number of carboxylic acid groups (broad SMARTS) is 1. The number of ether oxygens (including phenoxy) is 2. The van der Waals surface area contributed by atoms with Crippen LogP contribution in [0.2, 0.25) is 0 Å². The third-order valence-corrected chi connectivity index (χ3v) is 9.34. The van der Waals surface area contributed by atoms with E-state index in [1.165, 1.54) is 11.6 Å². The van der Waals surface area contributed by atoms with E-state index in [2.05, 4.69) is 27.2 Å². The molecule has 6 N–H and O–H groups in total. The van der Waals surface area contributed by atoms with Crippen molar-refractivity contribution in [1.29, 1.82) is 0 Å². The van der Waals surface area contributed by atoms with Crippen LogP contribution in [-0.2, 0) is 4.79 Å². The molecule has 0 atom stereocenters. The van der Waals surface area contributed by atoms with Crippen LogP contribution in [-0.4, -0.2) is 56.5 Å². The number of primary amides is 1. The number of carboxylic acids is 1. The number of nitrogens with zero attached hydrogens (tertiary/aromatic N) is 2. The lowest BCUT2D eigenvalue weighted by molar-refractivity contribution is -0.119. The van der Waals surface area contributed by atoms with Gasteiger partial charge in [0.1, 0.15) is 23.1 Å². The highest BCUT2D eigenvalue weighted by Gasteiger charge is 2.16. The Hall–Kier alpha value is -6.95. The molecule has 0 aliphatic heterocycles. The zero-order valence-corrected chi connectivity index (χ0v) is 31.7. The van der Waals surface area contributed by atoms with Crippen LogP contribution < -0.4 is 20.5 Å². The number of aromatic nitrogens is 4. The largest absolute Gasteiger partial charge is 0.497 e. The van der Waals surface area contributed by atoms with Crippen molar-refractivity contribution in [2.45, 2.75) is 41.5 Å². The van der Waals surface area contributed by atoms with Gasteiger partial charge >= 0.3 is 5.97 Å². The van der Waals surface area contributed by atoms with E-state index in [9.17, 15) is 14.4 Å². The normalized spacial score (nSPS) is 10.9. The van der Waals surface area contributed by atoms with Crippen molar-refractivity contribution in [2.24, 2.45) is 5.73 Å². The smallest absolute Gasteiger partial charge is 0.335 e. The van der Waals surface area contributed by atoms with Gasteiger partial charge in [0.15, 0.2) is 6.61 Å². The van der Waals surface area contributed by atoms with Crippen molar-refractivity contribution in [3.8, 4) is 34.3 Å². The van der Waals surface area contributed by atoms with Gasteiger partial charge in [-0.25, -0.2) is 14.8 Å². The number of hydrogen-bond donors (Lipinski definition) is 5. The van der Waals surface area contributed by atoms with E-state index in [-0.39, 0.29) is 18.1 Å². The summed E-state index contributed by atoms with van der Waals surface area (Å²) in [4.78, 5) is 50.5. The van der Waals surface area contributed by atoms with Crippen LogP contribution in [0.5, 0.6) is 11.5 Å². The zero-order chi connectivity index (χ0) is 39.6. The Kier molecular flexibility index (Phi) is 10.7. The Balaban J connectivity index is 0.000000190. The van der Waals surface area contributed by atoms with Crippen LogP contribution in [0, 0.1) is 41.5 Å². The fraction of sp³-hybridized carbons (Fsp3) is 0.186. The van der Waals surface area contributed by atoms with Gasteiger partial charge in [-0.05, 0) is 148 Å². The molecule has 55 heavy (non-hydrogen) atoms. The predicted molar refractivity (Wildman–Crippen MR) is 214 cm³/mol. The number of H-pyrrole nitrogens is 2. The van der Waals surface area contributed by atoms with E-state index in [1.54, 1.807) is 37.4 Å². The molecule has 12 heteroatoms.